The normalized spacial score (nSPS) is 17.3. The van der Waals surface area contributed by atoms with Crippen LogP contribution in [0.3, 0.4) is 0 Å². The lowest BCUT2D eigenvalue weighted by molar-refractivity contribution is 0.160. The molecule has 34 heavy (non-hydrogen) atoms. The monoisotopic (exact) mass is 460 g/mol. The Morgan fingerprint density at radius 3 is 2.21 bits per heavy atom. The summed E-state index contributed by atoms with van der Waals surface area (Å²) in [5.74, 6) is 0.892. The molecule has 1 aromatic carbocycles. The molecule has 4 heterocycles. The van der Waals surface area contributed by atoms with Crippen molar-refractivity contribution >= 4 is 16.7 Å². The molecule has 0 radical (unpaired) electrons. The molecule has 1 saturated heterocycles. The Hall–Kier alpha value is -3.26. The molecular formula is C26H36N8. The predicted molar refractivity (Wildman–Crippen MR) is 139 cm³/mol. The van der Waals surface area contributed by atoms with E-state index in [-0.39, 0.29) is 11.1 Å². The fourth-order valence-electron chi connectivity index (χ4n) is 5.29. The van der Waals surface area contributed by atoms with Crippen LogP contribution >= 0.6 is 0 Å². The van der Waals surface area contributed by atoms with E-state index in [0.717, 1.165) is 51.9 Å². The van der Waals surface area contributed by atoms with Crippen LogP contribution in [0.4, 0.5) is 5.82 Å². The molecule has 0 aliphatic carbocycles. The largest absolute Gasteiger partial charge is 0.355 e. The fraction of sp³-hybridized carbons (Fsp3) is 0.462. The summed E-state index contributed by atoms with van der Waals surface area (Å²) >= 11 is 0. The molecule has 0 atom stereocenters. The van der Waals surface area contributed by atoms with Crippen LogP contribution in [0.5, 0.6) is 0 Å². The van der Waals surface area contributed by atoms with Crippen LogP contribution in [0.15, 0.2) is 42.9 Å². The number of aromatic amines is 2. The number of aromatic nitrogens is 6. The van der Waals surface area contributed by atoms with Gasteiger partial charge in [-0.25, -0.2) is 0 Å². The average molecular weight is 461 g/mol. The summed E-state index contributed by atoms with van der Waals surface area (Å²) in [4.78, 5) is 2.27. The first kappa shape index (κ1) is 23.9. The van der Waals surface area contributed by atoms with Crippen LogP contribution in [-0.2, 0) is 0 Å². The van der Waals surface area contributed by atoms with Crippen molar-refractivity contribution in [3.8, 4) is 22.4 Å². The SMILES string of the molecule is CC.CN(c1ccc(-c2ccc(-c3cn[nH]c3)c3cn[nH]c23)nn1)C1CC(C)(C)NC(C)(C)C1. The molecule has 0 spiro atoms. The summed E-state index contributed by atoms with van der Waals surface area (Å²) in [5.41, 5.74) is 5.01. The van der Waals surface area contributed by atoms with Gasteiger partial charge in [-0.15, -0.1) is 10.2 Å². The van der Waals surface area contributed by atoms with Gasteiger partial charge in [-0.05, 0) is 64.3 Å². The molecule has 8 heteroatoms. The second-order valence-electron chi connectivity index (χ2n) is 10.1. The van der Waals surface area contributed by atoms with Crippen molar-refractivity contribution in [1.82, 2.24) is 35.9 Å². The van der Waals surface area contributed by atoms with E-state index in [4.69, 9.17) is 0 Å². The maximum Gasteiger partial charge on any atom is 0.151 e. The van der Waals surface area contributed by atoms with Gasteiger partial charge in [0.25, 0.3) is 0 Å². The molecule has 1 aliphatic heterocycles. The van der Waals surface area contributed by atoms with Crippen LogP contribution < -0.4 is 10.2 Å². The second-order valence-corrected chi connectivity index (χ2v) is 10.1. The van der Waals surface area contributed by atoms with Gasteiger partial charge in [0.15, 0.2) is 5.82 Å². The number of hydrogen-bond acceptors (Lipinski definition) is 6. The van der Waals surface area contributed by atoms with Crippen molar-refractivity contribution in [1.29, 1.82) is 0 Å². The molecule has 3 aromatic heterocycles. The number of nitrogens with one attached hydrogen (secondary N) is 3. The van der Waals surface area contributed by atoms with E-state index >= 15 is 0 Å². The van der Waals surface area contributed by atoms with Crippen LogP contribution in [0.1, 0.15) is 54.4 Å². The third kappa shape index (κ3) is 4.68. The lowest BCUT2D eigenvalue weighted by atomic mass is 9.79. The molecule has 3 N–H and O–H groups in total. The lowest BCUT2D eigenvalue weighted by Crippen LogP contribution is -2.62. The van der Waals surface area contributed by atoms with Crippen LogP contribution in [-0.4, -0.2) is 54.8 Å². The van der Waals surface area contributed by atoms with Crippen molar-refractivity contribution in [2.75, 3.05) is 11.9 Å². The fourth-order valence-corrected chi connectivity index (χ4v) is 5.29. The lowest BCUT2D eigenvalue weighted by Gasteiger charge is -2.49. The number of nitrogens with zero attached hydrogens (tertiary/aromatic N) is 5. The van der Waals surface area contributed by atoms with Gasteiger partial charge >= 0.3 is 0 Å². The Labute approximate surface area is 201 Å². The molecule has 1 fully saturated rings. The zero-order valence-corrected chi connectivity index (χ0v) is 21.3. The Morgan fingerprint density at radius 2 is 1.59 bits per heavy atom. The molecule has 0 amide bonds. The van der Waals surface area contributed by atoms with Gasteiger partial charge in [0.1, 0.15) is 0 Å². The third-order valence-electron chi connectivity index (χ3n) is 6.43. The Bertz CT molecular complexity index is 1210. The second kappa shape index (κ2) is 9.18. The van der Waals surface area contributed by atoms with Crippen LogP contribution in [0.2, 0.25) is 0 Å². The minimum Gasteiger partial charge on any atom is -0.355 e. The minimum atomic E-state index is 0.0804. The topological polar surface area (TPSA) is 98.4 Å². The smallest absolute Gasteiger partial charge is 0.151 e. The first-order chi connectivity index (χ1) is 16.2. The van der Waals surface area contributed by atoms with Gasteiger partial charge in [0.2, 0.25) is 0 Å². The van der Waals surface area contributed by atoms with Gasteiger partial charge in [-0.2, -0.15) is 10.2 Å². The van der Waals surface area contributed by atoms with E-state index in [9.17, 15) is 0 Å². The highest BCUT2D eigenvalue weighted by Crippen LogP contribution is 2.35. The first-order valence-corrected chi connectivity index (χ1v) is 12.0. The standard InChI is InChI=1S/C24H30N8.C2H6/c1-23(2)10-16(11-24(3,4)31-23)32(5)21-9-8-20(28-29-21)18-7-6-17(15-12-25-26-13-15)19-14-27-30-22(18)19;1-2/h6-9,12-14,16,31H,10-11H2,1-5H3,(H,25,26)(H,27,30);1-2H3. The number of rotatable bonds is 4. The maximum absolute atomic E-state index is 4.60. The number of H-pyrrole nitrogens is 2. The van der Waals surface area contributed by atoms with Crippen LogP contribution in [0.25, 0.3) is 33.3 Å². The quantitative estimate of drug-likeness (QED) is 0.388. The third-order valence-corrected chi connectivity index (χ3v) is 6.43. The molecule has 4 aromatic rings. The number of piperidine rings is 1. The van der Waals surface area contributed by atoms with Crippen molar-refractivity contribution < 1.29 is 0 Å². The summed E-state index contributed by atoms with van der Waals surface area (Å²) in [6, 6.07) is 8.65. The number of anilines is 1. The Morgan fingerprint density at radius 1 is 0.882 bits per heavy atom. The van der Waals surface area contributed by atoms with Crippen molar-refractivity contribution in [3.63, 3.8) is 0 Å². The summed E-state index contributed by atoms with van der Waals surface area (Å²) in [5, 5.41) is 28.3. The molecule has 1 aliphatic rings. The Balaban J connectivity index is 0.00000133. The molecular weight excluding hydrogens is 424 g/mol. The van der Waals surface area contributed by atoms with E-state index in [1.807, 2.05) is 38.5 Å². The van der Waals surface area contributed by atoms with Gasteiger partial charge in [-0.3, -0.25) is 10.2 Å². The van der Waals surface area contributed by atoms with Crippen molar-refractivity contribution in [3.05, 3.63) is 42.9 Å². The highest BCUT2D eigenvalue weighted by molar-refractivity contribution is 6.01. The highest BCUT2D eigenvalue weighted by atomic mass is 15.3. The van der Waals surface area contributed by atoms with Gasteiger partial charge in [-0.1, -0.05) is 19.9 Å². The van der Waals surface area contributed by atoms with Gasteiger partial charge in [0, 0.05) is 46.9 Å². The van der Waals surface area contributed by atoms with E-state index in [0.29, 0.717) is 6.04 Å². The average Bonchev–Trinajstić information content (AvgIpc) is 3.50. The minimum absolute atomic E-state index is 0.0804. The summed E-state index contributed by atoms with van der Waals surface area (Å²) in [6.07, 6.45) is 7.66. The number of benzene rings is 1. The zero-order chi connectivity index (χ0) is 24.5. The number of fused-ring (bicyclic) bond motifs is 1. The first-order valence-electron chi connectivity index (χ1n) is 12.0. The molecule has 5 rings (SSSR count). The highest BCUT2D eigenvalue weighted by Gasteiger charge is 2.39. The van der Waals surface area contributed by atoms with Crippen molar-refractivity contribution in [2.45, 2.75) is 71.5 Å². The van der Waals surface area contributed by atoms with Gasteiger partial charge in [0.05, 0.1) is 23.6 Å². The molecule has 0 bridgehead atoms. The molecule has 180 valence electrons. The van der Waals surface area contributed by atoms with E-state index < -0.39 is 0 Å². The van der Waals surface area contributed by atoms with Gasteiger partial charge < -0.3 is 10.2 Å². The van der Waals surface area contributed by atoms with Crippen LogP contribution in [0, 0.1) is 0 Å². The molecule has 8 nitrogen and oxygen atoms in total. The van der Waals surface area contributed by atoms with E-state index in [1.54, 1.807) is 0 Å². The number of hydrogen-bond donors (Lipinski definition) is 3. The Kier molecular flexibility index (Phi) is 6.45. The predicted octanol–water partition coefficient (Wildman–Crippen LogP) is 5.18. The zero-order valence-electron chi connectivity index (χ0n) is 21.3. The summed E-state index contributed by atoms with van der Waals surface area (Å²) < 4.78 is 0. The molecule has 0 saturated carbocycles. The van der Waals surface area contributed by atoms with E-state index in [2.05, 4.69) is 93.8 Å². The van der Waals surface area contributed by atoms with E-state index in [1.165, 1.54) is 0 Å². The summed E-state index contributed by atoms with van der Waals surface area (Å²) in [7, 11) is 2.12. The van der Waals surface area contributed by atoms with Crippen molar-refractivity contribution in [2.24, 2.45) is 0 Å². The molecule has 0 unspecified atom stereocenters. The summed E-state index contributed by atoms with van der Waals surface area (Å²) in [6.45, 7) is 13.1. The maximum atomic E-state index is 4.60.